The van der Waals surface area contributed by atoms with Gasteiger partial charge < -0.3 is 53.0 Å². The number of H-pyrrole nitrogens is 1. The second-order valence-corrected chi connectivity index (χ2v) is 11.9. The topological polar surface area (TPSA) is 296 Å². The van der Waals surface area contributed by atoms with Crippen molar-refractivity contribution < 1.29 is 48.9 Å². The number of rotatable bonds is 21. The van der Waals surface area contributed by atoms with Gasteiger partial charge in [-0.15, -0.1) is 0 Å². The van der Waals surface area contributed by atoms with E-state index in [9.17, 15) is 48.9 Å². The number of carbonyl (C=O) groups excluding carboxylic acids is 4. The molecule has 0 aliphatic heterocycles. The number of aromatic amines is 1. The summed E-state index contributed by atoms with van der Waals surface area (Å²) in [4.78, 5) is 91.7. The Labute approximate surface area is 292 Å². The van der Waals surface area contributed by atoms with Gasteiger partial charge in [0.15, 0.2) is 0 Å². The number of carboxylic acid groups (broad SMARTS) is 3. The third-order valence-corrected chi connectivity index (χ3v) is 7.96. The van der Waals surface area contributed by atoms with Gasteiger partial charge in [0.2, 0.25) is 23.6 Å². The minimum Gasteiger partial charge on any atom is -0.481 e. The first-order chi connectivity index (χ1) is 24.3. The highest BCUT2D eigenvalue weighted by Gasteiger charge is 2.34. The van der Waals surface area contributed by atoms with Gasteiger partial charge >= 0.3 is 17.9 Å². The smallest absolute Gasteiger partial charge is 0.326 e. The number of fused-ring (bicyclic) bond motifs is 1. The number of hydrogen-bond acceptors (Lipinski definition) is 9. The first-order valence-corrected chi connectivity index (χ1v) is 16.2. The Hall–Kier alpha value is -5.81. The van der Waals surface area contributed by atoms with E-state index in [1.54, 1.807) is 60.8 Å². The van der Waals surface area contributed by atoms with E-state index in [-0.39, 0.29) is 19.3 Å². The Morgan fingerprint density at radius 1 is 0.647 bits per heavy atom. The lowest BCUT2D eigenvalue weighted by molar-refractivity contribution is -0.145. The van der Waals surface area contributed by atoms with Crippen LogP contribution in [0.2, 0.25) is 0 Å². The SMILES string of the molecule is NCCCC[C@H](N)C(=O)N[C@@H](Cc1c[nH]c2ccccc12)C(=O)N[C@@H](CC(=O)O)C(=O)N[C@@H](CC(=O)O)C(=O)N[C@@H](Cc1ccccc1)C(=O)O. The Balaban J connectivity index is 1.82. The summed E-state index contributed by atoms with van der Waals surface area (Å²) in [7, 11) is 0. The summed E-state index contributed by atoms with van der Waals surface area (Å²) in [5, 5.41) is 38.7. The normalized spacial score (nSPS) is 13.9. The number of amides is 4. The molecule has 17 nitrogen and oxygen atoms in total. The summed E-state index contributed by atoms with van der Waals surface area (Å²) in [6, 6.07) is 7.90. The summed E-state index contributed by atoms with van der Waals surface area (Å²) in [5.41, 5.74) is 13.5. The third kappa shape index (κ3) is 12.5. The number of benzene rings is 2. The van der Waals surface area contributed by atoms with Crippen molar-refractivity contribution in [1.82, 2.24) is 26.3 Å². The molecule has 0 radical (unpaired) electrons. The number of carboxylic acids is 3. The van der Waals surface area contributed by atoms with Crippen LogP contribution in [0.5, 0.6) is 0 Å². The van der Waals surface area contributed by atoms with Crippen LogP contribution >= 0.6 is 0 Å². The monoisotopic (exact) mass is 709 g/mol. The average Bonchev–Trinajstić information content (AvgIpc) is 3.49. The molecular weight excluding hydrogens is 666 g/mol. The maximum Gasteiger partial charge on any atom is 0.326 e. The van der Waals surface area contributed by atoms with E-state index in [4.69, 9.17) is 11.5 Å². The summed E-state index contributed by atoms with van der Waals surface area (Å²) in [6.45, 7) is 0.399. The molecule has 51 heavy (non-hydrogen) atoms. The molecule has 0 aliphatic carbocycles. The molecule has 0 fully saturated rings. The van der Waals surface area contributed by atoms with Crippen LogP contribution in [0.1, 0.15) is 43.2 Å². The van der Waals surface area contributed by atoms with Gasteiger partial charge in [0, 0.05) is 29.9 Å². The van der Waals surface area contributed by atoms with Gasteiger partial charge in [-0.1, -0.05) is 55.0 Å². The first-order valence-electron chi connectivity index (χ1n) is 16.2. The van der Waals surface area contributed by atoms with E-state index < -0.39 is 84.6 Å². The fourth-order valence-electron chi connectivity index (χ4n) is 5.28. The number of para-hydroxylation sites is 1. The zero-order valence-corrected chi connectivity index (χ0v) is 27.7. The molecule has 0 bridgehead atoms. The average molecular weight is 710 g/mol. The maximum atomic E-state index is 13.7. The first kappa shape index (κ1) is 39.6. The summed E-state index contributed by atoms with van der Waals surface area (Å²) < 4.78 is 0. The number of hydrogen-bond donors (Lipinski definition) is 10. The summed E-state index contributed by atoms with van der Waals surface area (Å²) in [5.74, 6) is -8.52. The predicted molar refractivity (Wildman–Crippen MR) is 183 cm³/mol. The molecule has 5 atom stereocenters. The molecule has 17 heteroatoms. The van der Waals surface area contributed by atoms with Crippen LogP contribution in [0, 0.1) is 0 Å². The molecule has 0 saturated carbocycles. The second-order valence-electron chi connectivity index (χ2n) is 11.9. The van der Waals surface area contributed by atoms with E-state index in [1.807, 2.05) is 0 Å². The van der Waals surface area contributed by atoms with Crippen LogP contribution in [0.4, 0.5) is 0 Å². The van der Waals surface area contributed by atoms with Gasteiger partial charge in [-0.3, -0.25) is 28.8 Å². The Morgan fingerprint density at radius 3 is 1.75 bits per heavy atom. The number of nitrogens with two attached hydrogens (primary N) is 2. The van der Waals surface area contributed by atoms with Crippen molar-refractivity contribution in [3.05, 3.63) is 71.9 Å². The Kier molecular flexibility index (Phi) is 15.1. The second kappa shape index (κ2) is 19.4. The van der Waals surface area contributed by atoms with Crippen molar-refractivity contribution in [2.75, 3.05) is 6.54 Å². The lowest BCUT2D eigenvalue weighted by Crippen LogP contribution is -2.59. The molecule has 3 aromatic rings. The van der Waals surface area contributed by atoms with E-state index in [0.717, 1.165) is 10.9 Å². The fraction of sp³-hybridized carbons (Fsp3) is 0.382. The molecule has 0 saturated heterocycles. The van der Waals surface area contributed by atoms with Gasteiger partial charge in [0.25, 0.3) is 0 Å². The largest absolute Gasteiger partial charge is 0.481 e. The molecule has 3 rings (SSSR count). The van der Waals surface area contributed by atoms with Crippen molar-refractivity contribution in [1.29, 1.82) is 0 Å². The van der Waals surface area contributed by atoms with Crippen molar-refractivity contribution in [2.24, 2.45) is 11.5 Å². The minimum atomic E-state index is -1.85. The Bertz CT molecular complexity index is 1700. The molecule has 1 aromatic heterocycles. The molecule has 1 heterocycles. The fourth-order valence-corrected chi connectivity index (χ4v) is 5.28. The molecule has 2 aromatic carbocycles. The van der Waals surface area contributed by atoms with Gasteiger partial charge in [-0.25, -0.2) is 4.79 Å². The maximum absolute atomic E-state index is 13.7. The number of carbonyl (C=O) groups is 7. The van der Waals surface area contributed by atoms with Crippen molar-refractivity contribution in [3.8, 4) is 0 Å². The van der Waals surface area contributed by atoms with Crippen LogP contribution in [0.25, 0.3) is 10.9 Å². The van der Waals surface area contributed by atoms with Crippen molar-refractivity contribution in [3.63, 3.8) is 0 Å². The molecule has 4 amide bonds. The van der Waals surface area contributed by atoms with Crippen LogP contribution in [-0.4, -0.2) is 98.6 Å². The highest BCUT2D eigenvalue weighted by molar-refractivity contribution is 5.98. The van der Waals surface area contributed by atoms with Gasteiger partial charge in [-0.05, 0) is 36.6 Å². The quantitative estimate of drug-likeness (QED) is 0.0620. The highest BCUT2D eigenvalue weighted by atomic mass is 16.4. The van der Waals surface area contributed by atoms with Gasteiger partial charge in [0.1, 0.15) is 24.2 Å². The zero-order valence-electron chi connectivity index (χ0n) is 27.7. The van der Waals surface area contributed by atoms with Crippen LogP contribution in [0.3, 0.4) is 0 Å². The summed E-state index contributed by atoms with van der Waals surface area (Å²) >= 11 is 0. The number of aliphatic carboxylic acids is 3. The lowest BCUT2D eigenvalue weighted by atomic mass is 10.0. The molecule has 274 valence electrons. The predicted octanol–water partition coefficient (Wildman–Crippen LogP) is -0.617. The van der Waals surface area contributed by atoms with Gasteiger partial charge in [-0.2, -0.15) is 0 Å². The van der Waals surface area contributed by atoms with E-state index in [2.05, 4.69) is 26.3 Å². The van der Waals surface area contributed by atoms with Crippen LogP contribution in [-0.2, 0) is 46.4 Å². The molecule has 0 spiro atoms. The van der Waals surface area contributed by atoms with Crippen LogP contribution in [0.15, 0.2) is 60.8 Å². The number of nitrogens with one attached hydrogen (secondary N) is 5. The molecule has 12 N–H and O–H groups in total. The number of unbranched alkanes of at least 4 members (excludes halogenated alkanes) is 1. The van der Waals surface area contributed by atoms with E-state index in [1.165, 1.54) is 0 Å². The van der Waals surface area contributed by atoms with Crippen LogP contribution < -0.4 is 32.7 Å². The number of aromatic nitrogens is 1. The third-order valence-electron chi connectivity index (χ3n) is 7.96. The molecule has 0 aliphatic rings. The van der Waals surface area contributed by atoms with E-state index in [0.29, 0.717) is 30.5 Å². The highest BCUT2D eigenvalue weighted by Crippen LogP contribution is 2.19. The zero-order chi connectivity index (χ0) is 37.5. The molecular formula is C34H43N7O10. The standard InChI is InChI=1S/C34H43N7O10/c35-13-7-6-11-22(36)30(46)38-24(15-20-18-37-23-12-5-4-10-21(20)23)31(47)39-25(16-28(42)43)32(48)40-26(17-29(44)45)33(49)41-27(34(50)51)14-19-8-2-1-3-9-19/h1-5,8-10,12,18,22,24-27,37H,6-7,11,13-17,35-36H2,(H,38,46)(H,39,47)(H,40,48)(H,41,49)(H,42,43)(H,44,45)(H,50,51)/t22-,24-,25-,26-,27-/m0/s1. The molecule has 0 unspecified atom stereocenters. The van der Waals surface area contributed by atoms with Gasteiger partial charge in [0.05, 0.1) is 18.9 Å². The van der Waals surface area contributed by atoms with E-state index >= 15 is 0 Å². The minimum absolute atomic E-state index is 0.0967. The summed E-state index contributed by atoms with van der Waals surface area (Å²) in [6.07, 6.45) is 0.842. The van der Waals surface area contributed by atoms with Crippen molar-refractivity contribution >= 4 is 52.4 Å². The Morgan fingerprint density at radius 2 is 1.18 bits per heavy atom. The van der Waals surface area contributed by atoms with Crippen molar-refractivity contribution in [2.45, 2.75) is 75.2 Å². The lowest BCUT2D eigenvalue weighted by Gasteiger charge is -2.25.